The Morgan fingerprint density at radius 1 is 1.29 bits per heavy atom. The number of hydrogen-bond acceptors (Lipinski definition) is 6. The first-order chi connectivity index (χ1) is 14.9. The van der Waals surface area contributed by atoms with Crippen LogP contribution >= 0.6 is 0 Å². The predicted molar refractivity (Wildman–Crippen MR) is 114 cm³/mol. The van der Waals surface area contributed by atoms with E-state index in [0.717, 1.165) is 12.8 Å². The van der Waals surface area contributed by atoms with Crippen molar-refractivity contribution in [1.29, 1.82) is 0 Å². The maximum atomic E-state index is 13.4. The summed E-state index contributed by atoms with van der Waals surface area (Å²) < 4.78 is 10.6. The lowest BCUT2D eigenvalue weighted by Crippen LogP contribution is -2.49. The van der Waals surface area contributed by atoms with E-state index in [1.54, 1.807) is 24.1 Å². The fourth-order valence-electron chi connectivity index (χ4n) is 3.83. The molecule has 2 amide bonds. The second-order valence-corrected chi connectivity index (χ2v) is 7.72. The molecule has 2 aliphatic rings. The van der Waals surface area contributed by atoms with Crippen molar-refractivity contribution in [3.63, 3.8) is 0 Å². The maximum absolute atomic E-state index is 13.4. The summed E-state index contributed by atoms with van der Waals surface area (Å²) in [6, 6.07) is 11.2. The van der Waals surface area contributed by atoms with E-state index >= 15 is 0 Å². The zero-order valence-corrected chi connectivity index (χ0v) is 17.3. The minimum atomic E-state index is -0.543. The molecule has 1 unspecified atom stereocenters. The molecule has 162 valence electrons. The lowest BCUT2D eigenvalue weighted by Gasteiger charge is -2.34. The van der Waals surface area contributed by atoms with Gasteiger partial charge in [-0.05, 0) is 56.0 Å². The number of carbonyl (C=O) groups excluding carboxylic acids is 2. The van der Waals surface area contributed by atoms with Crippen molar-refractivity contribution in [3.8, 4) is 11.5 Å². The monoisotopic (exact) mass is 425 g/mol. The quantitative estimate of drug-likeness (QED) is 0.499. The Morgan fingerprint density at radius 3 is 2.61 bits per heavy atom. The number of nitrogens with zero attached hydrogens (tertiary/aromatic N) is 3. The van der Waals surface area contributed by atoms with Gasteiger partial charge in [-0.1, -0.05) is 0 Å². The van der Waals surface area contributed by atoms with Gasteiger partial charge in [0.25, 0.3) is 11.6 Å². The number of hydrogen-bond donors (Lipinski definition) is 0. The molecule has 0 bridgehead atoms. The summed E-state index contributed by atoms with van der Waals surface area (Å²) >= 11 is 0. The van der Waals surface area contributed by atoms with Gasteiger partial charge in [-0.3, -0.25) is 24.6 Å². The first-order valence-electron chi connectivity index (χ1n) is 10.1. The number of rotatable bonds is 7. The predicted octanol–water partition coefficient (Wildman–Crippen LogP) is 3.16. The summed E-state index contributed by atoms with van der Waals surface area (Å²) in [5.74, 6) is 0.733. The fourth-order valence-corrected chi connectivity index (χ4v) is 3.83. The number of benzene rings is 2. The third-order valence-electron chi connectivity index (χ3n) is 5.72. The van der Waals surface area contributed by atoms with Crippen LogP contribution in [0.25, 0.3) is 0 Å². The summed E-state index contributed by atoms with van der Waals surface area (Å²) in [5.41, 5.74) is 0.769. The zero-order chi connectivity index (χ0) is 22.1. The number of methoxy groups -OCH3 is 1. The molecule has 1 aliphatic carbocycles. The number of fused-ring (bicyclic) bond motifs is 1. The number of non-ortho nitro benzene ring substituents is 1. The second-order valence-electron chi connectivity index (χ2n) is 7.72. The van der Waals surface area contributed by atoms with Gasteiger partial charge in [0.15, 0.2) is 6.61 Å². The zero-order valence-electron chi connectivity index (χ0n) is 17.3. The summed E-state index contributed by atoms with van der Waals surface area (Å²) in [6.07, 6.45) is 2.10. The van der Waals surface area contributed by atoms with Gasteiger partial charge in [-0.25, -0.2) is 0 Å². The number of amides is 2. The molecule has 0 spiro atoms. The molecule has 1 heterocycles. The molecular formula is C22H23N3O6. The molecular weight excluding hydrogens is 402 g/mol. The third kappa shape index (κ3) is 4.16. The van der Waals surface area contributed by atoms with Crippen molar-refractivity contribution < 1.29 is 24.0 Å². The van der Waals surface area contributed by atoms with Crippen LogP contribution in [0.15, 0.2) is 42.5 Å². The molecule has 1 atom stereocenters. The molecule has 0 N–H and O–H groups in total. The van der Waals surface area contributed by atoms with Gasteiger partial charge < -0.3 is 14.4 Å². The number of nitro benzene ring substituents is 1. The molecule has 9 nitrogen and oxygen atoms in total. The largest absolute Gasteiger partial charge is 0.497 e. The lowest BCUT2D eigenvalue weighted by molar-refractivity contribution is -0.384. The van der Waals surface area contributed by atoms with E-state index in [0.29, 0.717) is 23.1 Å². The molecule has 1 saturated carbocycles. The van der Waals surface area contributed by atoms with Gasteiger partial charge in [0, 0.05) is 23.9 Å². The molecule has 0 radical (unpaired) electrons. The average molecular weight is 425 g/mol. The molecule has 1 fully saturated rings. The normalized spacial score (nSPS) is 16.2. The Kier molecular flexibility index (Phi) is 5.50. The first kappa shape index (κ1) is 20.6. The van der Waals surface area contributed by atoms with Crippen LogP contribution in [-0.2, 0) is 9.59 Å². The topological polar surface area (TPSA) is 102 Å². The summed E-state index contributed by atoms with van der Waals surface area (Å²) in [4.78, 5) is 39.6. The standard InChI is InChI=1S/C22H23N3O6/c1-14(15-3-4-15)24(16-5-8-18(30-2)9-6-16)21(26)12-23-19-11-17(25(28)29)7-10-20(19)31-13-22(23)27/h5-11,14-15H,3-4,12-13H2,1-2H3. The number of anilines is 2. The van der Waals surface area contributed by atoms with Crippen LogP contribution in [0.1, 0.15) is 19.8 Å². The molecule has 0 aromatic heterocycles. The van der Waals surface area contributed by atoms with Crippen LogP contribution in [0.2, 0.25) is 0 Å². The molecule has 2 aromatic rings. The maximum Gasteiger partial charge on any atom is 0.271 e. The Hall–Kier alpha value is -3.62. The SMILES string of the molecule is COc1ccc(N(C(=O)CN2C(=O)COc3ccc([N+](=O)[O-])cc32)C(C)C2CC2)cc1. The highest BCUT2D eigenvalue weighted by Crippen LogP contribution is 2.38. The van der Waals surface area contributed by atoms with E-state index in [9.17, 15) is 19.7 Å². The fraction of sp³-hybridized carbons (Fsp3) is 0.364. The van der Waals surface area contributed by atoms with E-state index in [1.807, 2.05) is 19.1 Å². The van der Waals surface area contributed by atoms with Gasteiger partial charge in [-0.15, -0.1) is 0 Å². The smallest absolute Gasteiger partial charge is 0.271 e. The highest BCUT2D eigenvalue weighted by atomic mass is 16.6. The molecule has 4 rings (SSSR count). The van der Waals surface area contributed by atoms with E-state index < -0.39 is 10.8 Å². The van der Waals surface area contributed by atoms with Crippen LogP contribution in [0.4, 0.5) is 17.1 Å². The minimum absolute atomic E-state index is 0.0402. The van der Waals surface area contributed by atoms with E-state index in [2.05, 4.69) is 0 Å². The Morgan fingerprint density at radius 2 is 2.00 bits per heavy atom. The van der Waals surface area contributed by atoms with Gasteiger partial charge in [0.1, 0.15) is 18.0 Å². The van der Waals surface area contributed by atoms with Crippen LogP contribution in [0, 0.1) is 16.0 Å². The van der Waals surface area contributed by atoms with Crippen molar-refractivity contribution in [2.45, 2.75) is 25.8 Å². The second kappa shape index (κ2) is 8.25. The Balaban J connectivity index is 1.64. The van der Waals surface area contributed by atoms with Crippen LogP contribution < -0.4 is 19.3 Å². The first-order valence-corrected chi connectivity index (χ1v) is 10.1. The van der Waals surface area contributed by atoms with Gasteiger partial charge in [-0.2, -0.15) is 0 Å². The molecule has 2 aromatic carbocycles. The van der Waals surface area contributed by atoms with Crippen LogP contribution in [0.5, 0.6) is 11.5 Å². The van der Waals surface area contributed by atoms with Crippen molar-refractivity contribution in [3.05, 3.63) is 52.6 Å². The van der Waals surface area contributed by atoms with E-state index in [-0.39, 0.29) is 36.5 Å². The highest BCUT2D eigenvalue weighted by molar-refractivity contribution is 6.06. The summed E-state index contributed by atoms with van der Waals surface area (Å²) in [5, 5.41) is 11.2. The van der Waals surface area contributed by atoms with Crippen molar-refractivity contribution in [2.24, 2.45) is 5.92 Å². The number of carbonyl (C=O) groups is 2. The molecule has 31 heavy (non-hydrogen) atoms. The van der Waals surface area contributed by atoms with Crippen molar-refractivity contribution in [1.82, 2.24) is 0 Å². The van der Waals surface area contributed by atoms with E-state index in [1.165, 1.54) is 23.1 Å². The van der Waals surface area contributed by atoms with Crippen LogP contribution in [0.3, 0.4) is 0 Å². The van der Waals surface area contributed by atoms with Gasteiger partial charge in [0.05, 0.1) is 17.7 Å². The lowest BCUT2D eigenvalue weighted by atomic mass is 10.1. The summed E-state index contributed by atoms with van der Waals surface area (Å²) in [7, 11) is 1.57. The Bertz CT molecular complexity index is 1020. The minimum Gasteiger partial charge on any atom is -0.497 e. The molecule has 1 aliphatic heterocycles. The highest BCUT2D eigenvalue weighted by Gasteiger charge is 2.37. The molecule has 9 heteroatoms. The Labute approximate surface area is 179 Å². The van der Waals surface area contributed by atoms with Crippen molar-refractivity contribution in [2.75, 3.05) is 30.1 Å². The third-order valence-corrected chi connectivity index (χ3v) is 5.72. The van der Waals surface area contributed by atoms with E-state index in [4.69, 9.17) is 9.47 Å². The van der Waals surface area contributed by atoms with Crippen LogP contribution in [-0.4, -0.2) is 43.0 Å². The molecule has 0 saturated heterocycles. The average Bonchev–Trinajstić information content (AvgIpc) is 3.61. The van der Waals surface area contributed by atoms with Crippen molar-refractivity contribution >= 4 is 28.9 Å². The van der Waals surface area contributed by atoms with Gasteiger partial charge >= 0.3 is 0 Å². The number of ether oxygens (including phenoxy) is 2. The van der Waals surface area contributed by atoms with Gasteiger partial charge in [0.2, 0.25) is 5.91 Å². The summed E-state index contributed by atoms with van der Waals surface area (Å²) in [6.45, 7) is 1.54. The number of nitro groups is 1.